The van der Waals surface area contributed by atoms with Gasteiger partial charge in [-0.25, -0.2) is 0 Å². The molecule has 124 valence electrons. The highest BCUT2D eigenvalue weighted by molar-refractivity contribution is 5.65. The summed E-state index contributed by atoms with van der Waals surface area (Å²) in [5, 5.41) is 9.54. The second-order valence-corrected chi connectivity index (χ2v) is 5.93. The van der Waals surface area contributed by atoms with Crippen LogP contribution in [0.2, 0.25) is 0 Å². The normalized spacial score (nSPS) is 15.6. The molecule has 3 aromatic rings. The van der Waals surface area contributed by atoms with Gasteiger partial charge in [0.2, 0.25) is 0 Å². The average Bonchev–Trinajstić information content (AvgIpc) is 3.15. The first-order chi connectivity index (χ1) is 12.2. The maximum Gasteiger partial charge on any atom is 0.148 e. The third-order valence-electron chi connectivity index (χ3n) is 4.41. The van der Waals surface area contributed by atoms with Crippen LogP contribution < -0.4 is 10.5 Å². The largest absolute Gasteiger partial charge is 0.457 e. The molecule has 1 atom stereocenters. The number of benzene rings is 2. The molecule has 0 aliphatic carbocycles. The van der Waals surface area contributed by atoms with Crippen molar-refractivity contribution in [3.8, 4) is 23.3 Å². The highest BCUT2D eigenvalue weighted by Crippen LogP contribution is 2.40. The van der Waals surface area contributed by atoms with Crippen LogP contribution in [-0.2, 0) is 11.3 Å². The van der Waals surface area contributed by atoms with Crippen LogP contribution in [0.4, 0.5) is 5.69 Å². The Bertz CT molecular complexity index is 953. The zero-order chi connectivity index (χ0) is 17.4. The Labute approximate surface area is 145 Å². The fraction of sp³-hybridized carbons (Fsp3) is 0.150. The topological polar surface area (TPSA) is 73.2 Å². The monoisotopic (exact) mass is 331 g/mol. The number of hydrogen-bond acceptors (Lipinski definition) is 4. The summed E-state index contributed by atoms with van der Waals surface area (Å²) in [7, 11) is 0. The van der Waals surface area contributed by atoms with E-state index in [0.29, 0.717) is 18.0 Å². The van der Waals surface area contributed by atoms with Crippen LogP contribution in [0.15, 0.2) is 54.6 Å². The number of nitrogens with two attached hydrogens (primary N) is 1. The molecular weight excluding hydrogens is 314 g/mol. The molecule has 4 rings (SSSR count). The van der Waals surface area contributed by atoms with Gasteiger partial charge in [-0.15, -0.1) is 0 Å². The van der Waals surface area contributed by atoms with Crippen molar-refractivity contribution < 1.29 is 9.47 Å². The van der Waals surface area contributed by atoms with E-state index in [1.165, 1.54) is 0 Å². The summed E-state index contributed by atoms with van der Waals surface area (Å²) in [6.45, 7) is 2.40. The van der Waals surface area contributed by atoms with Crippen molar-refractivity contribution in [3.63, 3.8) is 0 Å². The number of para-hydroxylation sites is 1. The summed E-state index contributed by atoms with van der Waals surface area (Å²) < 4.78 is 13.4. The molecule has 1 aromatic heterocycles. The number of ether oxygens (including phenoxy) is 2. The summed E-state index contributed by atoms with van der Waals surface area (Å²) in [6.07, 6.45) is -0.0935. The molecule has 2 N–H and O–H groups in total. The van der Waals surface area contributed by atoms with Crippen molar-refractivity contribution in [1.29, 1.82) is 5.26 Å². The van der Waals surface area contributed by atoms with Gasteiger partial charge in [-0.05, 0) is 43.3 Å². The van der Waals surface area contributed by atoms with Gasteiger partial charge in [0, 0.05) is 11.3 Å². The highest BCUT2D eigenvalue weighted by Gasteiger charge is 2.30. The molecule has 5 nitrogen and oxygen atoms in total. The van der Waals surface area contributed by atoms with Crippen molar-refractivity contribution in [1.82, 2.24) is 4.57 Å². The number of anilines is 1. The molecule has 0 radical (unpaired) electrons. The van der Waals surface area contributed by atoms with E-state index < -0.39 is 0 Å². The van der Waals surface area contributed by atoms with Crippen molar-refractivity contribution in [2.24, 2.45) is 0 Å². The molecule has 1 unspecified atom stereocenters. The van der Waals surface area contributed by atoms with Gasteiger partial charge in [0.1, 0.15) is 23.3 Å². The second kappa shape index (κ2) is 6.00. The van der Waals surface area contributed by atoms with Crippen molar-refractivity contribution in [2.75, 3.05) is 5.73 Å². The zero-order valence-electron chi connectivity index (χ0n) is 13.8. The molecule has 0 spiro atoms. The van der Waals surface area contributed by atoms with Crippen molar-refractivity contribution in [3.05, 3.63) is 71.5 Å². The number of aromatic nitrogens is 1. The lowest BCUT2D eigenvalue weighted by Crippen LogP contribution is -2.03. The minimum Gasteiger partial charge on any atom is -0.457 e. The van der Waals surface area contributed by atoms with Gasteiger partial charge in [0.05, 0.1) is 24.1 Å². The van der Waals surface area contributed by atoms with Gasteiger partial charge in [-0.1, -0.05) is 18.2 Å². The van der Waals surface area contributed by atoms with Gasteiger partial charge in [-0.2, -0.15) is 5.26 Å². The molecule has 5 heteroatoms. The lowest BCUT2D eigenvalue weighted by molar-refractivity contribution is 0.0778. The number of nitrogen functional groups attached to an aromatic ring is 1. The summed E-state index contributed by atoms with van der Waals surface area (Å²) >= 11 is 0. The minimum atomic E-state index is -0.0935. The summed E-state index contributed by atoms with van der Waals surface area (Å²) in [6, 6.07) is 19.4. The molecule has 1 aliphatic heterocycles. The first-order valence-corrected chi connectivity index (χ1v) is 8.07. The van der Waals surface area contributed by atoms with Crippen LogP contribution in [-0.4, -0.2) is 4.57 Å². The highest BCUT2D eigenvalue weighted by atomic mass is 16.5. The Balaban J connectivity index is 1.71. The van der Waals surface area contributed by atoms with E-state index in [2.05, 4.69) is 6.07 Å². The van der Waals surface area contributed by atoms with Crippen LogP contribution in [0.1, 0.15) is 30.0 Å². The average molecular weight is 331 g/mol. The molecule has 0 saturated heterocycles. The van der Waals surface area contributed by atoms with Crippen LogP contribution in [0, 0.1) is 11.3 Å². The van der Waals surface area contributed by atoms with E-state index in [1.54, 1.807) is 0 Å². The third-order valence-corrected chi connectivity index (χ3v) is 4.41. The van der Waals surface area contributed by atoms with Crippen molar-refractivity contribution in [2.45, 2.75) is 19.6 Å². The van der Waals surface area contributed by atoms with Crippen LogP contribution in [0.3, 0.4) is 0 Å². The second-order valence-electron chi connectivity index (χ2n) is 5.93. The standard InChI is InChI=1S/C20H17N3O2/c1-13-19-18(12-24-13)23(17(11-21)20(19)22)14-7-9-16(10-8-14)25-15-5-3-2-4-6-15/h2-10,13H,12,22H2,1H3. The van der Waals surface area contributed by atoms with Crippen LogP contribution >= 0.6 is 0 Å². The number of rotatable bonds is 3. The predicted molar refractivity (Wildman–Crippen MR) is 94.6 cm³/mol. The van der Waals surface area contributed by atoms with E-state index in [0.717, 1.165) is 28.4 Å². The van der Waals surface area contributed by atoms with E-state index in [1.807, 2.05) is 66.1 Å². The van der Waals surface area contributed by atoms with Gasteiger partial charge in [0.25, 0.3) is 0 Å². The maximum atomic E-state index is 9.54. The summed E-state index contributed by atoms with van der Waals surface area (Å²) in [5.74, 6) is 1.51. The third kappa shape index (κ3) is 2.53. The Morgan fingerprint density at radius 3 is 2.48 bits per heavy atom. The van der Waals surface area contributed by atoms with Gasteiger partial charge >= 0.3 is 0 Å². The van der Waals surface area contributed by atoms with Crippen molar-refractivity contribution >= 4 is 5.69 Å². The zero-order valence-corrected chi connectivity index (χ0v) is 13.8. The Morgan fingerprint density at radius 1 is 1.12 bits per heavy atom. The first-order valence-electron chi connectivity index (χ1n) is 8.07. The van der Waals surface area contributed by atoms with Gasteiger partial charge in [-0.3, -0.25) is 0 Å². The van der Waals surface area contributed by atoms with Gasteiger partial charge < -0.3 is 19.8 Å². The lowest BCUT2D eigenvalue weighted by Gasteiger charge is -2.11. The van der Waals surface area contributed by atoms with E-state index in [9.17, 15) is 5.26 Å². The number of nitriles is 1. The maximum absolute atomic E-state index is 9.54. The lowest BCUT2D eigenvalue weighted by atomic mass is 10.1. The molecule has 2 heterocycles. The summed E-state index contributed by atoms with van der Waals surface area (Å²) in [4.78, 5) is 0. The SMILES string of the molecule is CC1OCc2c1c(N)c(C#N)n2-c1ccc(Oc2ccccc2)cc1. The molecule has 25 heavy (non-hydrogen) atoms. The van der Waals surface area contributed by atoms with Gasteiger partial charge in [0.15, 0.2) is 0 Å². The smallest absolute Gasteiger partial charge is 0.148 e. The number of nitrogens with zero attached hydrogens (tertiary/aromatic N) is 2. The Kier molecular flexibility index (Phi) is 3.68. The molecular formula is C20H17N3O2. The molecule has 0 fully saturated rings. The molecule has 2 aromatic carbocycles. The molecule has 0 bridgehead atoms. The van der Waals surface area contributed by atoms with Crippen LogP contribution in [0.5, 0.6) is 11.5 Å². The molecule has 0 amide bonds. The fourth-order valence-electron chi connectivity index (χ4n) is 3.23. The predicted octanol–water partition coefficient (Wildman–Crippen LogP) is 4.31. The Morgan fingerprint density at radius 2 is 1.80 bits per heavy atom. The molecule has 1 aliphatic rings. The van der Waals surface area contributed by atoms with E-state index in [-0.39, 0.29) is 6.10 Å². The first kappa shape index (κ1) is 15.3. The summed E-state index contributed by atoms with van der Waals surface area (Å²) in [5.41, 5.74) is 9.86. The number of hydrogen-bond donors (Lipinski definition) is 1. The van der Waals surface area contributed by atoms with E-state index >= 15 is 0 Å². The Hall–Kier alpha value is -3.23. The quantitative estimate of drug-likeness (QED) is 0.776. The van der Waals surface area contributed by atoms with E-state index in [4.69, 9.17) is 15.2 Å². The number of fused-ring (bicyclic) bond motifs is 1. The molecule has 0 saturated carbocycles. The van der Waals surface area contributed by atoms with Crippen LogP contribution in [0.25, 0.3) is 5.69 Å². The fourth-order valence-corrected chi connectivity index (χ4v) is 3.23. The minimum absolute atomic E-state index is 0.0935.